The van der Waals surface area contributed by atoms with Crippen molar-refractivity contribution in [2.75, 3.05) is 26.2 Å². The first-order chi connectivity index (χ1) is 18.8. The molecule has 1 rings (SSSR count). The van der Waals surface area contributed by atoms with Crippen LogP contribution in [0.4, 0.5) is 4.79 Å². The molecule has 1 heterocycles. The number of rotatable bonds is 12. The first-order valence-electron chi connectivity index (χ1n) is 13.7. The van der Waals surface area contributed by atoms with Gasteiger partial charge in [0.15, 0.2) is 0 Å². The van der Waals surface area contributed by atoms with Crippen LogP contribution in [-0.4, -0.2) is 96.3 Å². The van der Waals surface area contributed by atoms with Crippen LogP contribution in [0.15, 0.2) is 0 Å². The van der Waals surface area contributed by atoms with E-state index in [2.05, 4.69) is 21.3 Å². The lowest BCUT2D eigenvalue weighted by Crippen LogP contribution is -2.59. The molecule has 2 atom stereocenters. The van der Waals surface area contributed by atoms with Gasteiger partial charge in [0.05, 0.1) is 19.1 Å². The first-order valence-corrected chi connectivity index (χ1v) is 13.7. The molecule has 0 aromatic carbocycles. The van der Waals surface area contributed by atoms with Crippen molar-refractivity contribution in [3.63, 3.8) is 0 Å². The highest BCUT2D eigenvalue weighted by molar-refractivity contribution is 6.37. The molecule has 41 heavy (non-hydrogen) atoms. The number of urea groups is 1. The number of ketones is 1. The molecule has 14 nitrogen and oxygen atoms in total. The Morgan fingerprint density at radius 2 is 1.51 bits per heavy atom. The number of nitrogens with one attached hydrogen (secondary N) is 4. The third-order valence-corrected chi connectivity index (χ3v) is 5.70. The molecule has 14 heteroatoms. The van der Waals surface area contributed by atoms with Crippen molar-refractivity contribution in [3.05, 3.63) is 0 Å². The van der Waals surface area contributed by atoms with Crippen LogP contribution in [-0.2, 0) is 38.2 Å². The van der Waals surface area contributed by atoms with E-state index in [-0.39, 0.29) is 32.2 Å². The highest BCUT2D eigenvalue weighted by atomic mass is 16.6. The number of amides is 5. The van der Waals surface area contributed by atoms with Gasteiger partial charge in [-0.2, -0.15) is 0 Å². The van der Waals surface area contributed by atoms with E-state index in [1.54, 1.807) is 55.4 Å². The fourth-order valence-corrected chi connectivity index (χ4v) is 3.89. The number of hydrogen-bond acceptors (Lipinski definition) is 9. The van der Waals surface area contributed by atoms with Crippen molar-refractivity contribution in [2.24, 2.45) is 5.41 Å². The van der Waals surface area contributed by atoms with Crippen molar-refractivity contribution in [2.45, 2.75) is 98.4 Å². The molecule has 1 saturated heterocycles. The molecule has 0 aromatic heterocycles. The summed E-state index contributed by atoms with van der Waals surface area (Å²) in [6, 6.07) is -2.68. The Bertz CT molecular complexity index is 998. The van der Waals surface area contributed by atoms with Crippen molar-refractivity contribution in [1.82, 2.24) is 26.2 Å². The zero-order valence-electron chi connectivity index (χ0n) is 25.3. The summed E-state index contributed by atoms with van der Waals surface area (Å²) < 4.78 is 10.1. The Labute approximate surface area is 241 Å². The number of hydrogen-bond donors (Lipinski definition) is 4. The molecule has 232 valence electrons. The minimum atomic E-state index is -1.03. The highest BCUT2D eigenvalue weighted by Gasteiger charge is 2.42. The maximum atomic E-state index is 13.5. The minimum Gasteiger partial charge on any atom is -0.462 e. The van der Waals surface area contributed by atoms with Crippen LogP contribution >= 0.6 is 0 Å². The highest BCUT2D eigenvalue weighted by Crippen LogP contribution is 2.26. The van der Waals surface area contributed by atoms with Gasteiger partial charge in [-0.25, -0.2) is 4.79 Å². The predicted molar refractivity (Wildman–Crippen MR) is 147 cm³/mol. The lowest BCUT2D eigenvalue weighted by atomic mass is 9.85. The van der Waals surface area contributed by atoms with Crippen LogP contribution in [0.25, 0.3) is 0 Å². The summed E-state index contributed by atoms with van der Waals surface area (Å²) in [4.78, 5) is 87.9. The van der Waals surface area contributed by atoms with Crippen LogP contribution in [0, 0.1) is 5.41 Å². The van der Waals surface area contributed by atoms with Gasteiger partial charge < -0.3 is 35.6 Å². The maximum absolute atomic E-state index is 13.5. The molecule has 0 spiro atoms. The molecule has 0 radical (unpaired) electrons. The summed E-state index contributed by atoms with van der Waals surface area (Å²) in [5.74, 6) is -4.15. The van der Waals surface area contributed by atoms with E-state index in [9.17, 15) is 33.6 Å². The SMILES string of the molecule is CC(C)OC(=O)CNC(=O)N[C@H](C(=O)N1CCC[C@H]1C(=O)NCC(=O)C(=O)NCCC(=O)OC(C)(C)C)C(C)(C)C. The average Bonchev–Trinajstić information content (AvgIpc) is 3.31. The van der Waals surface area contributed by atoms with E-state index in [1.165, 1.54) is 4.90 Å². The third-order valence-electron chi connectivity index (χ3n) is 5.70. The van der Waals surface area contributed by atoms with Gasteiger partial charge in [0.1, 0.15) is 24.2 Å². The molecular formula is C27H45N5O9. The maximum Gasteiger partial charge on any atom is 0.325 e. The Kier molecular flexibility index (Phi) is 13.2. The largest absolute Gasteiger partial charge is 0.462 e. The van der Waals surface area contributed by atoms with Crippen molar-refractivity contribution in [3.8, 4) is 0 Å². The summed E-state index contributed by atoms with van der Waals surface area (Å²) in [7, 11) is 0. The summed E-state index contributed by atoms with van der Waals surface area (Å²) in [5, 5.41) is 9.67. The molecule has 1 aliphatic rings. The van der Waals surface area contributed by atoms with Crippen LogP contribution in [0.2, 0.25) is 0 Å². The van der Waals surface area contributed by atoms with Gasteiger partial charge in [-0.1, -0.05) is 20.8 Å². The summed E-state index contributed by atoms with van der Waals surface area (Å²) >= 11 is 0. The predicted octanol–water partition coefficient (Wildman–Crippen LogP) is 0.176. The van der Waals surface area contributed by atoms with E-state index in [0.29, 0.717) is 12.8 Å². The zero-order valence-corrected chi connectivity index (χ0v) is 25.3. The number of likely N-dealkylation sites (tertiary alicyclic amines) is 1. The van der Waals surface area contributed by atoms with Crippen LogP contribution in [0.1, 0.15) is 74.7 Å². The lowest BCUT2D eigenvalue weighted by Gasteiger charge is -2.35. The summed E-state index contributed by atoms with van der Waals surface area (Å²) in [6.07, 6.45) is 0.388. The molecule has 0 saturated carbocycles. The molecule has 1 aliphatic heterocycles. The van der Waals surface area contributed by atoms with Gasteiger partial charge >= 0.3 is 18.0 Å². The van der Waals surface area contributed by atoms with Gasteiger partial charge in [0, 0.05) is 13.1 Å². The third kappa shape index (κ3) is 13.0. The minimum absolute atomic E-state index is 0.105. The number of esters is 2. The molecule has 0 aliphatic carbocycles. The monoisotopic (exact) mass is 583 g/mol. The molecule has 5 amide bonds. The van der Waals surface area contributed by atoms with E-state index in [0.717, 1.165) is 0 Å². The van der Waals surface area contributed by atoms with Crippen LogP contribution in [0.5, 0.6) is 0 Å². The van der Waals surface area contributed by atoms with E-state index in [4.69, 9.17) is 9.47 Å². The lowest BCUT2D eigenvalue weighted by molar-refractivity contribution is -0.155. The second-order valence-electron chi connectivity index (χ2n) is 12.1. The average molecular weight is 584 g/mol. The van der Waals surface area contributed by atoms with Gasteiger partial charge in [-0.3, -0.25) is 28.8 Å². The quantitative estimate of drug-likeness (QED) is 0.183. The molecule has 0 unspecified atom stereocenters. The van der Waals surface area contributed by atoms with Gasteiger partial charge in [0.2, 0.25) is 17.6 Å². The number of ether oxygens (including phenoxy) is 2. The fraction of sp³-hybridized carbons (Fsp3) is 0.741. The Morgan fingerprint density at radius 3 is 2.07 bits per heavy atom. The molecule has 1 fully saturated rings. The van der Waals surface area contributed by atoms with Gasteiger partial charge in [-0.15, -0.1) is 0 Å². The topological polar surface area (TPSA) is 189 Å². The Morgan fingerprint density at radius 1 is 0.878 bits per heavy atom. The van der Waals surface area contributed by atoms with Gasteiger partial charge in [0.25, 0.3) is 5.91 Å². The van der Waals surface area contributed by atoms with Gasteiger partial charge in [-0.05, 0) is 52.9 Å². The van der Waals surface area contributed by atoms with E-state index < -0.39 is 71.1 Å². The number of carbonyl (C=O) groups is 7. The Balaban J connectivity index is 2.69. The zero-order chi connectivity index (χ0) is 31.5. The Hall–Kier alpha value is -3.71. The smallest absolute Gasteiger partial charge is 0.325 e. The molecule has 0 aromatic rings. The number of nitrogens with zero attached hydrogens (tertiary/aromatic N) is 1. The summed E-state index contributed by atoms with van der Waals surface area (Å²) in [6.45, 7) is 12.9. The molecular weight excluding hydrogens is 538 g/mol. The normalized spacial score (nSPS) is 15.9. The molecule has 0 bridgehead atoms. The number of carbonyl (C=O) groups excluding carboxylic acids is 7. The van der Waals surface area contributed by atoms with Crippen molar-refractivity contribution >= 4 is 41.5 Å². The second kappa shape index (κ2) is 15.3. The van der Waals surface area contributed by atoms with Crippen molar-refractivity contribution in [1.29, 1.82) is 0 Å². The summed E-state index contributed by atoms with van der Waals surface area (Å²) in [5.41, 5.74) is -1.42. The van der Waals surface area contributed by atoms with Crippen molar-refractivity contribution < 1.29 is 43.0 Å². The van der Waals surface area contributed by atoms with E-state index >= 15 is 0 Å². The standard InChI is InChI=1S/C27H45N5O9/c1-16(2)40-20(35)15-30-25(39)31-21(26(3,4)5)24(38)32-13-9-10-17(32)22(36)29-14-18(33)23(37)28-12-11-19(34)41-27(6,7)8/h16-17,21H,9-15H2,1-8H3,(H,28,37)(H,29,36)(H2,30,31,39)/t17-,21+/m0/s1. The first kappa shape index (κ1) is 35.3. The fourth-order valence-electron chi connectivity index (χ4n) is 3.89. The van der Waals surface area contributed by atoms with Crippen LogP contribution < -0.4 is 21.3 Å². The molecule has 4 N–H and O–H groups in total. The second-order valence-corrected chi connectivity index (χ2v) is 12.1. The van der Waals surface area contributed by atoms with E-state index in [1.807, 2.05) is 0 Å². The number of Topliss-reactive ketones (excluding diaryl/α,β-unsaturated/α-hetero) is 1. The van der Waals surface area contributed by atoms with Crippen LogP contribution in [0.3, 0.4) is 0 Å².